The lowest BCUT2D eigenvalue weighted by atomic mass is 9.96. The number of hydrogen-bond acceptors (Lipinski definition) is 8. The lowest BCUT2D eigenvalue weighted by molar-refractivity contribution is -0.159. The maximum absolute atomic E-state index is 14.1. The zero-order chi connectivity index (χ0) is 40.8. The number of aryl methyl sites for hydroxylation is 1. The lowest BCUT2D eigenvalue weighted by Gasteiger charge is -2.36. The van der Waals surface area contributed by atoms with Crippen LogP contribution in [0.5, 0.6) is 0 Å². The fraction of sp³-hybridized carbons (Fsp3) is 0.700. The summed E-state index contributed by atoms with van der Waals surface area (Å²) < 4.78 is 5.43. The highest BCUT2D eigenvalue weighted by Gasteiger charge is 2.37. The van der Waals surface area contributed by atoms with Crippen molar-refractivity contribution in [2.45, 2.75) is 125 Å². The van der Waals surface area contributed by atoms with Crippen LogP contribution in [0.4, 0.5) is 0 Å². The number of nitrogens with one attached hydrogen (secondary N) is 2. The molecule has 13 nitrogen and oxygen atoms in total. The van der Waals surface area contributed by atoms with Crippen molar-refractivity contribution in [1.82, 2.24) is 30.2 Å². The van der Waals surface area contributed by atoms with E-state index in [-0.39, 0.29) is 50.3 Å². The van der Waals surface area contributed by atoms with E-state index in [0.717, 1.165) is 11.1 Å². The first-order valence-corrected chi connectivity index (χ1v) is 19.0. The summed E-state index contributed by atoms with van der Waals surface area (Å²) in [7, 11) is 4.74. The standard InChI is InChI=1S/C40H68N6O7/c1-15-28(7)35(42-36(49)31(41-12)22-26(4)5)39(52)44(14)29(8)37(50)45(16-2)24-33(47)46(17-3)32(23-30-20-18-27(6)19-21-30)38(51)43(13)25-34(48)53-40(9,10)11/h18-21,26,28-29,31-32,35,41H,15-17,22-25H2,1-14H3,(H,42,49)/t28-,29-,31-,32-,35-/m0/s1. The molecule has 5 atom stereocenters. The predicted molar refractivity (Wildman–Crippen MR) is 208 cm³/mol. The van der Waals surface area contributed by atoms with E-state index in [0.29, 0.717) is 12.8 Å². The second-order valence-electron chi connectivity index (χ2n) is 15.5. The molecule has 2 N–H and O–H groups in total. The first-order valence-electron chi connectivity index (χ1n) is 19.0. The summed E-state index contributed by atoms with van der Waals surface area (Å²) >= 11 is 0. The van der Waals surface area contributed by atoms with Crippen molar-refractivity contribution >= 4 is 35.5 Å². The summed E-state index contributed by atoms with van der Waals surface area (Å²) in [4.78, 5) is 87.1. The first kappa shape index (κ1) is 47.0. The Kier molecular flexibility index (Phi) is 19.2. The van der Waals surface area contributed by atoms with Gasteiger partial charge in [0.2, 0.25) is 29.5 Å². The summed E-state index contributed by atoms with van der Waals surface area (Å²) in [6.45, 7) is 19.9. The smallest absolute Gasteiger partial charge is 0.326 e. The number of carbonyl (C=O) groups excluding carboxylic acids is 6. The molecule has 0 saturated carbocycles. The molecule has 300 valence electrons. The summed E-state index contributed by atoms with van der Waals surface area (Å²) in [5.74, 6) is -2.53. The third-order valence-electron chi connectivity index (χ3n) is 9.49. The van der Waals surface area contributed by atoms with Crippen LogP contribution in [0, 0.1) is 18.8 Å². The van der Waals surface area contributed by atoms with E-state index in [4.69, 9.17) is 4.74 Å². The second kappa shape index (κ2) is 21.6. The molecule has 0 heterocycles. The Morgan fingerprint density at radius 3 is 1.89 bits per heavy atom. The Hall–Kier alpha value is -4.00. The van der Waals surface area contributed by atoms with E-state index in [9.17, 15) is 28.8 Å². The lowest BCUT2D eigenvalue weighted by Crippen LogP contribution is -2.59. The maximum atomic E-state index is 14.1. The molecule has 0 aliphatic carbocycles. The molecule has 1 aromatic carbocycles. The Morgan fingerprint density at radius 1 is 0.830 bits per heavy atom. The highest BCUT2D eigenvalue weighted by Crippen LogP contribution is 2.17. The number of carbonyl (C=O) groups is 6. The van der Waals surface area contributed by atoms with E-state index >= 15 is 0 Å². The zero-order valence-corrected chi connectivity index (χ0v) is 34.9. The maximum Gasteiger partial charge on any atom is 0.326 e. The van der Waals surface area contributed by atoms with E-state index in [1.807, 2.05) is 58.9 Å². The average molecular weight is 745 g/mol. The fourth-order valence-electron chi connectivity index (χ4n) is 5.95. The molecule has 5 amide bonds. The van der Waals surface area contributed by atoms with Gasteiger partial charge in [0.15, 0.2) is 0 Å². The van der Waals surface area contributed by atoms with Crippen molar-refractivity contribution in [2.75, 3.05) is 47.3 Å². The SMILES string of the molecule is CC[C@H](C)[C@H](NC(=O)[C@H](CC(C)C)NC)C(=O)N(C)[C@@H](C)C(=O)N(CC)CC(=O)N(CC)[C@@H](Cc1ccc(C)cc1)C(=O)N(C)CC(=O)OC(C)(C)C. The molecule has 0 aliphatic heterocycles. The highest BCUT2D eigenvalue weighted by atomic mass is 16.6. The van der Waals surface area contributed by atoms with Crippen LogP contribution in [-0.2, 0) is 39.9 Å². The molecule has 0 aromatic heterocycles. The molecule has 0 saturated heterocycles. The average Bonchev–Trinajstić information content (AvgIpc) is 3.09. The number of esters is 1. The number of amides is 5. The fourth-order valence-corrected chi connectivity index (χ4v) is 5.95. The van der Waals surface area contributed by atoms with Crippen LogP contribution in [0.2, 0.25) is 0 Å². The third-order valence-corrected chi connectivity index (χ3v) is 9.49. The minimum atomic E-state index is -0.963. The van der Waals surface area contributed by atoms with Crippen LogP contribution in [0.25, 0.3) is 0 Å². The van der Waals surface area contributed by atoms with Gasteiger partial charge in [-0.1, -0.05) is 63.9 Å². The number of benzene rings is 1. The van der Waals surface area contributed by atoms with Crippen LogP contribution in [0.15, 0.2) is 24.3 Å². The molecular formula is C40H68N6O7. The normalized spacial score (nSPS) is 14.3. The molecule has 1 rings (SSSR count). The van der Waals surface area contributed by atoms with Crippen molar-refractivity contribution in [3.63, 3.8) is 0 Å². The van der Waals surface area contributed by atoms with Gasteiger partial charge in [-0.25, -0.2) is 0 Å². The van der Waals surface area contributed by atoms with Crippen LogP contribution < -0.4 is 10.6 Å². The molecule has 13 heteroatoms. The van der Waals surface area contributed by atoms with Gasteiger partial charge in [-0.2, -0.15) is 0 Å². The summed E-state index contributed by atoms with van der Waals surface area (Å²) in [5, 5.41) is 5.96. The quantitative estimate of drug-likeness (QED) is 0.193. The third kappa shape index (κ3) is 14.7. The van der Waals surface area contributed by atoms with Crippen molar-refractivity contribution in [3.8, 4) is 0 Å². The Balaban J connectivity index is 3.31. The van der Waals surface area contributed by atoms with Gasteiger partial charge in [0, 0.05) is 33.6 Å². The van der Waals surface area contributed by atoms with Crippen LogP contribution >= 0.6 is 0 Å². The van der Waals surface area contributed by atoms with Crippen molar-refractivity contribution in [1.29, 1.82) is 0 Å². The van der Waals surface area contributed by atoms with Gasteiger partial charge >= 0.3 is 5.97 Å². The number of hydrogen-bond donors (Lipinski definition) is 2. The van der Waals surface area contributed by atoms with Crippen LogP contribution in [0.3, 0.4) is 0 Å². The van der Waals surface area contributed by atoms with Gasteiger partial charge in [-0.05, 0) is 79.3 Å². The van der Waals surface area contributed by atoms with Gasteiger partial charge in [0.1, 0.15) is 30.3 Å². The van der Waals surface area contributed by atoms with Crippen LogP contribution in [-0.4, -0.2) is 132 Å². The van der Waals surface area contributed by atoms with Gasteiger partial charge in [0.05, 0.1) is 12.6 Å². The van der Waals surface area contributed by atoms with E-state index < -0.39 is 59.4 Å². The molecule has 0 unspecified atom stereocenters. The van der Waals surface area contributed by atoms with Crippen molar-refractivity contribution in [3.05, 3.63) is 35.4 Å². The van der Waals surface area contributed by atoms with Crippen molar-refractivity contribution < 1.29 is 33.5 Å². The van der Waals surface area contributed by atoms with Crippen LogP contribution in [0.1, 0.15) is 93.2 Å². The van der Waals surface area contributed by atoms with E-state index in [1.165, 1.54) is 33.7 Å². The number of nitrogens with zero attached hydrogens (tertiary/aromatic N) is 4. The second-order valence-corrected chi connectivity index (χ2v) is 15.5. The largest absolute Gasteiger partial charge is 0.459 e. The van der Waals surface area contributed by atoms with Gasteiger partial charge in [0.25, 0.3) is 0 Å². The zero-order valence-electron chi connectivity index (χ0n) is 34.9. The summed E-state index contributed by atoms with van der Waals surface area (Å²) in [6.07, 6.45) is 1.42. The molecular weight excluding hydrogens is 676 g/mol. The van der Waals surface area contributed by atoms with E-state index in [1.54, 1.807) is 48.6 Å². The topological polar surface area (TPSA) is 149 Å². The highest BCUT2D eigenvalue weighted by molar-refractivity contribution is 5.95. The predicted octanol–water partition coefficient (Wildman–Crippen LogP) is 3.42. The number of rotatable bonds is 20. The molecule has 0 aliphatic rings. The monoisotopic (exact) mass is 745 g/mol. The molecule has 0 spiro atoms. The molecule has 1 aromatic rings. The van der Waals surface area contributed by atoms with Gasteiger partial charge < -0.3 is 35.0 Å². The summed E-state index contributed by atoms with van der Waals surface area (Å²) in [6, 6.07) is 4.42. The molecule has 53 heavy (non-hydrogen) atoms. The number of ether oxygens (including phenoxy) is 1. The van der Waals surface area contributed by atoms with E-state index in [2.05, 4.69) is 10.6 Å². The van der Waals surface area contributed by atoms with Gasteiger partial charge in [-0.15, -0.1) is 0 Å². The van der Waals surface area contributed by atoms with Gasteiger partial charge in [-0.3, -0.25) is 28.8 Å². The number of likely N-dealkylation sites (N-methyl/N-ethyl adjacent to an activating group) is 5. The Labute approximate surface area is 318 Å². The van der Waals surface area contributed by atoms with Crippen molar-refractivity contribution in [2.24, 2.45) is 11.8 Å². The summed E-state index contributed by atoms with van der Waals surface area (Å²) in [5.41, 5.74) is 1.14. The minimum absolute atomic E-state index is 0.168. The Bertz CT molecular complexity index is 1380. The molecule has 0 radical (unpaired) electrons. The minimum Gasteiger partial charge on any atom is -0.459 e. The molecule has 0 bridgehead atoms. The first-order chi connectivity index (χ1) is 24.6. The Morgan fingerprint density at radius 2 is 1.42 bits per heavy atom. The molecule has 0 fully saturated rings.